The number of hydrogen-bond acceptors (Lipinski definition) is 4. The lowest BCUT2D eigenvalue weighted by Crippen LogP contribution is -2.49. The first-order chi connectivity index (χ1) is 12.8. The van der Waals surface area contributed by atoms with Gasteiger partial charge < -0.3 is 23.9 Å². The minimum Gasteiger partial charge on any atom is -0.469 e. The summed E-state index contributed by atoms with van der Waals surface area (Å²) in [6.45, 7) is 6.32. The molecule has 1 fully saturated rings. The number of piperidine rings is 1. The lowest BCUT2D eigenvalue weighted by Gasteiger charge is -2.39. The maximum absolute atomic E-state index is 5.42. The highest BCUT2D eigenvalue weighted by Crippen LogP contribution is 2.27. The number of nitrogens with zero attached hydrogens (tertiary/aromatic N) is 4. The maximum atomic E-state index is 5.42. The van der Waals surface area contributed by atoms with Gasteiger partial charge in [-0.3, -0.25) is 4.99 Å². The van der Waals surface area contributed by atoms with Crippen molar-refractivity contribution in [2.45, 2.75) is 25.8 Å². The molecule has 0 saturated carbocycles. The van der Waals surface area contributed by atoms with Crippen LogP contribution >= 0.6 is 0 Å². The SMILES string of the molecule is COCCN=C(NCCc1ccco1)N1CCC(C)C(n2ccnc2)C1. The van der Waals surface area contributed by atoms with Gasteiger partial charge >= 0.3 is 0 Å². The summed E-state index contributed by atoms with van der Waals surface area (Å²) in [5.41, 5.74) is 0. The van der Waals surface area contributed by atoms with Gasteiger partial charge in [0.25, 0.3) is 0 Å². The van der Waals surface area contributed by atoms with Crippen LogP contribution in [0.3, 0.4) is 0 Å². The third-order valence-corrected chi connectivity index (χ3v) is 4.92. The van der Waals surface area contributed by atoms with Gasteiger partial charge in [-0.15, -0.1) is 0 Å². The molecule has 1 aliphatic rings. The molecule has 2 unspecified atom stereocenters. The largest absolute Gasteiger partial charge is 0.469 e. The fourth-order valence-electron chi connectivity index (χ4n) is 3.36. The Labute approximate surface area is 155 Å². The number of rotatable bonds is 7. The van der Waals surface area contributed by atoms with Crippen LogP contribution < -0.4 is 5.32 Å². The molecular formula is C19H29N5O2. The zero-order valence-corrected chi connectivity index (χ0v) is 15.7. The van der Waals surface area contributed by atoms with Gasteiger partial charge in [0.05, 0.1) is 31.8 Å². The summed E-state index contributed by atoms with van der Waals surface area (Å²) >= 11 is 0. The van der Waals surface area contributed by atoms with Crippen molar-refractivity contribution in [3.05, 3.63) is 42.9 Å². The predicted octanol–water partition coefficient (Wildman–Crippen LogP) is 2.19. The number of likely N-dealkylation sites (tertiary alicyclic amines) is 1. The van der Waals surface area contributed by atoms with Crippen LogP contribution in [0, 0.1) is 5.92 Å². The van der Waals surface area contributed by atoms with Crippen molar-refractivity contribution in [1.29, 1.82) is 0 Å². The zero-order valence-electron chi connectivity index (χ0n) is 15.7. The molecule has 0 spiro atoms. The summed E-state index contributed by atoms with van der Waals surface area (Å²) in [7, 11) is 1.71. The summed E-state index contributed by atoms with van der Waals surface area (Å²) < 4.78 is 12.8. The number of aromatic nitrogens is 2. The molecule has 2 atom stereocenters. The maximum Gasteiger partial charge on any atom is 0.194 e. The highest BCUT2D eigenvalue weighted by Gasteiger charge is 2.28. The summed E-state index contributed by atoms with van der Waals surface area (Å²) in [6, 6.07) is 4.33. The topological polar surface area (TPSA) is 67.8 Å². The van der Waals surface area contributed by atoms with E-state index in [9.17, 15) is 0 Å². The van der Waals surface area contributed by atoms with E-state index in [1.807, 2.05) is 24.7 Å². The molecule has 2 aromatic rings. The minimum atomic E-state index is 0.408. The molecule has 3 rings (SSSR count). The van der Waals surface area contributed by atoms with Crippen molar-refractivity contribution >= 4 is 5.96 Å². The van der Waals surface area contributed by atoms with Crippen LogP contribution in [0.15, 0.2) is 46.5 Å². The summed E-state index contributed by atoms with van der Waals surface area (Å²) in [5.74, 6) is 2.55. The lowest BCUT2D eigenvalue weighted by molar-refractivity contribution is 0.186. The van der Waals surface area contributed by atoms with Crippen LogP contribution in [0.1, 0.15) is 25.1 Å². The molecular weight excluding hydrogens is 330 g/mol. The zero-order chi connectivity index (χ0) is 18.2. The fraction of sp³-hybridized carbons (Fsp3) is 0.579. The van der Waals surface area contributed by atoms with E-state index in [1.54, 1.807) is 13.4 Å². The van der Waals surface area contributed by atoms with E-state index >= 15 is 0 Å². The Morgan fingerprint density at radius 3 is 3.15 bits per heavy atom. The van der Waals surface area contributed by atoms with Crippen molar-refractivity contribution in [3.63, 3.8) is 0 Å². The molecule has 26 heavy (non-hydrogen) atoms. The first-order valence-electron chi connectivity index (χ1n) is 9.30. The third-order valence-electron chi connectivity index (χ3n) is 4.92. The molecule has 0 aliphatic carbocycles. The summed E-state index contributed by atoms with van der Waals surface area (Å²) in [5, 5.41) is 3.50. The Hall–Kier alpha value is -2.28. The molecule has 7 heteroatoms. The normalized spacial score (nSPS) is 21.2. The van der Waals surface area contributed by atoms with Crippen molar-refractivity contribution in [2.75, 3.05) is 39.9 Å². The van der Waals surface area contributed by atoms with Crippen molar-refractivity contribution in [3.8, 4) is 0 Å². The van der Waals surface area contributed by atoms with Gasteiger partial charge in [-0.05, 0) is 24.5 Å². The third kappa shape index (κ3) is 4.88. The van der Waals surface area contributed by atoms with Gasteiger partial charge in [-0.25, -0.2) is 4.98 Å². The highest BCUT2D eigenvalue weighted by atomic mass is 16.5. The number of nitrogens with one attached hydrogen (secondary N) is 1. The van der Waals surface area contributed by atoms with Crippen LogP contribution in [0.25, 0.3) is 0 Å². The smallest absolute Gasteiger partial charge is 0.194 e. The van der Waals surface area contributed by atoms with Gasteiger partial charge in [0, 0.05) is 45.6 Å². The van der Waals surface area contributed by atoms with Gasteiger partial charge in [0.15, 0.2) is 5.96 Å². The summed E-state index contributed by atoms with van der Waals surface area (Å²) in [4.78, 5) is 11.3. The van der Waals surface area contributed by atoms with Gasteiger partial charge in [0.1, 0.15) is 5.76 Å². The van der Waals surface area contributed by atoms with E-state index in [4.69, 9.17) is 14.1 Å². The lowest BCUT2D eigenvalue weighted by atomic mass is 9.93. The standard InChI is InChI=1S/C19H29N5O2/c1-16-6-10-23(14-18(16)24-11-8-20-15-24)19(22-9-13-25-2)21-7-5-17-4-3-12-26-17/h3-4,8,11-12,15-16,18H,5-7,9-10,13-14H2,1-2H3,(H,21,22). The molecule has 0 aromatic carbocycles. The quantitative estimate of drug-likeness (QED) is 0.466. The first kappa shape index (κ1) is 18.5. The van der Waals surface area contributed by atoms with Crippen LogP contribution in [0.5, 0.6) is 0 Å². The minimum absolute atomic E-state index is 0.408. The molecule has 0 amide bonds. The second-order valence-corrected chi connectivity index (χ2v) is 6.74. The second-order valence-electron chi connectivity index (χ2n) is 6.74. The molecule has 7 nitrogen and oxygen atoms in total. The molecule has 3 heterocycles. The van der Waals surface area contributed by atoms with E-state index in [2.05, 4.69) is 32.9 Å². The summed E-state index contributed by atoms with van der Waals surface area (Å²) in [6.07, 6.45) is 9.50. The number of ether oxygens (including phenoxy) is 1. The molecule has 1 saturated heterocycles. The Balaban J connectivity index is 1.63. The van der Waals surface area contributed by atoms with E-state index < -0.39 is 0 Å². The number of guanidine groups is 1. The fourth-order valence-corrected chi connectivity index (χ4v) is 3.36. The molecule has 1 aliphatic heterocycles. The van der Waals surface area contributed by atoms with Crippen LogP contribution in [0.4, 0.5) is 0 Å². The molecule has 1 N–H and O–H groups in total. The number of aliphatic imine (C=N–C) groups is 1. The number of hydrogen-bond donors (Lipinski definition) is 1. The molecule has 142 valence electrons. The van der Waals surface area contributed by atoms with E-state index in [-0.39, 0.29) is 0 Å². The molecule has 0 bridgehead atoms. The first-order valence-corrected chi connectivity index (χ1v) is 9.30. The highest BCUT2D eigenvalue weighted by molar-refractivity contribution is 5.80. The molecule has 2 aromatic heterocycles. The molecule has 0 radical (unpaired) electrons. The van der Waals surface area contributed by atoms with Gasteiger partial charge in [-0.2, -0.15) is 0 Å². The van der Waals surface area contributed by atoms with Crippen LogP contribution in [-0.2, 0) is 11.2 Å². The van der Waals surface area contributed by atoms with E-state index in [1.165, 1.54) is 0 Å². The Morgan fingerprint density at radius 2 is 2.42 bits per heavy atom. The van der Waals surface area contributed by atoms with Crippen molar-refractivity contribution < 1.29 is 9.15 Å². The number of imidazole rings is 1. The Morgan fingerprint density at radius 1 is 1.50 bits per heavy atom. The average molecular weight is 359 g/mol. The van der Waals surface area contributed by atoms with E-state index in [0.29, 0.717) is 25.1 Å². The predicted molar refractivity (Wildman–Crippen MR) is 101 cm³/mol. The van der Waals surface area contributed by atoms with E-state index in [0.717, 1.165) is 44.2 Å². The van der Waals surface area contributed by atoms with Gasteiger partial charge in [-0.1, -0.05) is 6.92 Å². The monoisotopic (exact) mass is 359 g/mol. The Kier molecular flexibility index (Phi) is 6.71. The van der Waals surface area contributed by atoms with Crippen LogP contribution in [-0.4, -0.2) is 60.3 Å². The number of furan rings is 1. The Bertz CT molecular complexity index is 654. The number of methoxy groups -OCH3 is 1. The van der Waals surface area contributed by atoms with Crippen molar-refractivity contribution in [2.24, 2.45) is 10.9 Å². The van der Waals surface area contributed by atoms with Gasteiger partial charge in [0.2, 0.25) is 0 Å². The van der Waals surface area contributed by atoms with Crippen molar-refractivity contribution in [1.82, 2.24) is 19.8 Å². The van der Waals surface area contributed by atoms with Crippen LogP contribution in [0.2, 0.25) is 0 Å². The average Bonchev–Trinajstić information content (AvgIpc) is 3.35. The second kappa shape index (κ2) is 9.43.